The number of rotatable bonds is 4. The molecule has 0 saturated carbocycles. The van der Waals surface area contributed by atoms with Crippen molar-refractivity contribution in [1.29, 1.82) is 0 Å². The lowest BCUT2D eigenvalue weighted by Crippen LogP contribution is -2.09. The zero-order chi connectivity index (χ0) is 12.3. The number of hydrogen-bond acceptors (Lipinski definition) is 1. The molecule has 2 aromatic rings. The molecule has 2 N–H and O–H groups in total. The van der Waals surface area contributed by atoms with Crippen molar-refractivity contribution in [1.82, 2.24) is 4.57 Å². The maximum atomic E-state index is 6.15. The van der Waals surface area contributed by atoms with Gasteiger partial charge < -0.3 is 10.3 Å². The first kappa shape index (κ1) is 12.5. The van der Waals surface area contributed by atoms with Crippen LogP contribution in [0, 0.1) is 0 Å². The minimum Gasteiger partial charge on any atom is -0.347 e. The lowest BCUT2D eigenvalue weighted by molar-refractivity contribution is 0.736. The monoisotopic (exact) mass is 268 g/mol. The average Bonchev–Trinajstić information content (AvgIpc) is 2.72. The minimum absolute atomic E-state index is 0.646. The second kappa shape index (κ2) is 5.58. The van der Waals surface area contributed by atoms with Gasteiger partial charge in [0.2, 0.25) is 0 Å². The average molecular weight is 269 g/mol. The highest BCUT2D eigenvalue weighted by Gasteiger charge is 2.05. The van der Waals surface area contributed by atoms with Crippen LogP contribution in [0.5, 0.6) is 0 Å². The summed E-state index contributed by atoms with van der Waals surface area (Å²) in [6.45, 7) is 1.37. The van der Waals surface area contributed by atoms with Gasteiger partial charge in [-0.3, -0.25) is 0 Å². The van der Waals surface area contributed by atoms with Crippen LogP contribution in [-0.2, 0) is 13.0 Å². The molecule has 90 valence electrons. The Morgan fingerprint density at radius 2 is 2.00 bits per heavy atom. The largest absolute Gasteiger partial charge is 0.347 e. The van der Waals surface area contributed by atoms with Crippen molar-refractivity contribution >= 4 is 23.2 Å². The lowest BCUT2D eigenvalue weighted by Gasteiger charge is -2.10. The second-order valence-electron chi connectivity index (χ2n) is 3.90. The number of aromatic nitrogens is 1. The van der Waals surface area contributed by atoms with Gasteiger partial charge in [-0.25, -0.2) is 0 Å². The van der Waals surface area contributed by atoms with Crippen LogP contribution in [-0.4, -0.2) is 11.1 Å². The van der Waals surface area contributed by atoms with Crippen molar-refractivity contribution in [2.45, 2.75) is 13.0 Å². The zero-order valence-corrected chi connectivity index (χ0v) is 10.9. The quantitative estimate of drug-likeness (QED) is 0.906. The van der Waals surface area contributed by atoms with Crippen LogP contribution >= 0.6 is 23.2 Å². The fourth-order valence-corrected chi connectivity index (χ4v) is 2.20. The number of benzene rings is 1. The number of hydrogen-bond donors (Lipinski definition) is 1. The van der Waals surface area contributed by atoms with Gasteiger partial charge in [0, 0.05) is 28.5 Å². The Hall–Kier alpha value is -0.960. The lowest BCUT2D eigenvalue weighted by atomic mass is 10.2. The van der Waals surface area contributed by atoms with E-state index in [1.807, 2.05) is 24.4 Å². The predicted octanol–water partition coefficient (Wildman–Crippen LogP) is 3.34. The third kappa shape index (κ3) is 3.03. The first-order chi connectivity index (χ1) is 8.20. The number of halogens is 2. The molecule has 0 aliphatic rings. The fourth-order valence-electron chi connectivity index (χ4n) is 1.83. The molecule has 0 saturated heterocycles. The molecule has 0 aliphatic heterocycles. The molecule has 0 spiro atoms. The Balaban J connectivity index is 2.25. The van der Waals surface area contributed by atoms with E-state index in [2.05, 4.69) is 10.6 Å². The van der Waals surface area contributed by atoms with E-state index in [1.165, 1.54) is 5.69 Å². The van der Waals surface area contributed by atoms with Gasteiger partial charge in [0.25, 0.3) is 0 Å². The summed E-state index contributed by atoms with van der Waals surface area (Å²) in [5.74, 6) is 0. The van der Waals surface area contributed by atoms with Crippen molar-refractivity contribution in [2.75, 3.05) is 6.54 Å². The Labute approximate surface area is 111 Å². The normalized spacial score (nSPS) is 10.8. The van der Waals surface area contributed by atoms with E-state index in [0.717, 1.165) is 23.6 Å². The molecule has 1 aromatic carbocycles. The fraction of sp³-hybridized carbons (Fsp3) is 0.231. The molecule has 2 rings (SSSR count). The third-order valence-corrected chi connectivity index (χ3v) is 3.28. The summed E-state index contributed by atoms with van der Waals surface area (Å²) in [6, 6.07) is 9.61. The van der Waals surface area contributed by atoms with E-state index in [0.29, 0.717) is 11.6 Å². The van der Waals surface area contributed by atoms with E-state index in [9.17, 15) is 0 Å². The van der Waals surface area contributed by atoms with Crippen LogP contribution in [0.2, 0.25) is 10.0 Å². The Morgan fingerprint density at radius 3 is 2.76 bits per heavy atom. The topological polar surface area (TPSA) is 30.9 Å². The molecular weight excluding hydrogens is 255 g/mol. The molecule has 0 fully saturated rings. The van der Waals surface area contributed by atoms with Gasteiger partial charge in [-0.15, -0.1) is 0 Å². The van der Waals surface area contributed by atoms with Crippen LogP contribution in [0.1, 0.15) is 11.3 Å². The molecular formula is C13H14Cl2N2. The molecule has 0 amide bonds. The van der Waals surface area contributed by atoms with E-state index in [-0.39, 0.29) is 0 Å². The molecule has 0 radical (unpaired) electrons. The van der Waals surface area contributed by atoms with Gasteiger partial charge in [0.1, 0.15) is 0 Å². The summed E-state index contributed by atoms with van der Waals surface area (Å²) in [5, 5.41) is 1.44. The van der Waals surface area contributed by atoms with Gasteiger partial charge >= 0.3 is 0 Å². The summed E-state index contributed by atoms with van der Waals surface area (Å²) < 4.78 is 2.14. The Kier molecular flexibility index (Phi) is 4.11. The van der Waals surface area contributed by atoms with Crippen LogP contribution in [0.4, 0.5) is 0 Å². The molecule has 0 atom stereocenters. The maximum Gasteiger partial charge on any atom is 0.0488 e. The van der Waals surface area contributed by atoms with Crippen LogP contribution < -0.4 is 5.73 Å². The van der Waals surface area contributed by atoms with Crippen molar-refractivity contribution in [3.05, 3.63) is 57.8 Å². The summed E-state index contributed by atoms with van der Waals surface area (Å²) in [4.78, 5) is 0. The Morgan fingerprint density at radius 1 is 1.18 bits per heavy atom. The van der Waals surface area contributed by atoms with Gasteiger partial charge in [-0.2, -0.15) is 0 Å². The molecule has 1 aromatic heterocycles. The van der Waals surface area contributed by atoms with E-state index in [1.54, 1.807) is 6.07 Å². The van der Waals surface area contributed by atoms with Gasteiger partial charge in [-0.05, 0) is 48.9 Å². The first-order valence-electron chi connectivity index (χ1n) is 5.48. The summed E-state index contributed by atoms with van der Waals surface area (Å²) in [6.07, 6.45) is 2.90. The van der Waals surface area contributed by atoms with E-state index < -0.39 is 0 Å². The summed E-state index contributed by atoms with van der Waals surface area (Å²) >= 11 is 12.1. The standard InChI is InChI=1S/C13H14Cl2N2/c14-11-3-4-13(15)10(8-11)9-17-7-1-2-12(17)5-6-16/h1-4,7-8H,5-6,9,16H2. The maximum absolute atomic E-state index is 6.15. The van der Waals surface area contributed by atoms with Gasteiger partial charge in [0.05, 0.1) is 0 Å². The van der Waals surface area contributed by atoms with Crippen molar-refractivity contribution in [3.8, 4) is 0 Å². The predicted molar refractivity (Wildman–Crippen MR) is 72.8 cm³/mol. The molecule has 1 heterocycles. The molecule has 4 heteroatoms. The number of nitrogens with zero attached hydrogens (tertiary/aromatic N) is 1. The highest BCUT2D eigenvalue weighted by atomic mass is 35.5. The zero-order valence-electron chi connectivity index (χ0n) is 9.37. The highest BCUT2D eigenvalue weighted by molar-refractivity contribution is 6.33. The second-order valence-corrected chi connectivity index (χ2v) is 4.75. The Bertz CT molecular complexity index is 506. The van der Waals surface area contributed by atoms with Crippen molar-refractivity contribution in [3.63, 3.8) is 0 Å². The summed E-state index contributed by atoms with van der Waals surface area (Å²) in [7, 11) is 0. The van der Waals surface area contributed by atoms with Gasteiger partial charge in [0.15, 0.2) is 0 Å². The van der Waals surface area contributed by atoms with Crippen LogP contribution in [0.25, 0.3) is 0 Å². The van der Waals surface area contributed by atoms with E-state index in [4.69, 9.17) is 28.9 Å². The van der Waals surface area contributed by atoms with Crippen LogP contribution in [0.3, 0.4) is 0 Å². The highest BCUT2D eigenvalue weighted by Crippen LogP contribution is 2.22. The van der Waals surface area contributed by atoms with Crippen molar-refractivity contribution < 1.29 is 0 Å². The molecule has 0 aliphatic carbocycles. The SMILES string of the molecule is NCCc1cccn1Cc1cc(Cl)ccc1Cl. The first-order valence-corrected chi connectivity index (χ1v) is 6.24. The van der Waals surface area contributed by atoms with Gasteiger partial charge in [-0.1, -0.05) is 23.2 Å². The smallest absolute Gasteiger partial charge is 0.0488 e. The minimum atomic E-state index is 0.646. The number of nitrogens with two attached hydrogens (primary N) is 1. The summed E-state index contributed by atoms with van der Waals surface area (Å²) in [5.41, 5.74) is 7.81. The van der Waals surface area contributed by atoms with E-state index >= 15 is 0 Å². The molecule has 0 unspecified atom stereocenters. The molecule has 0 bridgehead atoms. The molecule has 2 nitrogen and oxygen atoms in total. The molecule has 17 heavy (non-hydrogen) atoms. The van der Waals surface area contributed by atoms with Crippen LogP contribution in [0.15, 0.2) is 36.5 Å². The third-order valence-electron chi connectivity index (χ3n) is 2.67. The van der Waals surface area contributed by atoms with Crippen molar-refractivity contribution in [2.24, 2.45) is 5.73 Å².